The summed E-state index contributed by atoms with van der Waals surface area (Å²) in [6, 6.07) is 16.0. The number of hydrogen-bond acceptors (Lipinski definition) is 4. The summed E-state index contributed by atoms with van der Waals surface area (Å²) in [6.45, 7) is 0. The predicted octanol–water partition coefficient (Wildman–Crippen LogP) is 5.04. The van der Waals surface area contributed by atoms with Gasteiger partial charge in [0.25, 0.3) is 5.56 Å². The Bertz CT molecular complexity index is 1310. The highest BCUT2D eigenvalue weighted by atomic mass is 35.5. The number of furan rings is 1. The number of allylic oxidation sites excluding steroid dienone is 1. The van der Waals surface area contributed by atoms with Crippen LogP contribution in [0.3, 0.4) is 0 Å². The maximum atomic E-state index is 13.1. The van der Waals surface area contributed by atoms with E-state index in [1.807, 2.05) is 6.07 Å². The van der Waals surface area contributed by atoms with Crippen LogP contribution in [-0.2, 0) is 0 Å². The molecule has 136 valence electrons. The van der Waals surface area contributed by atoms with E-state index >= 15 is 0 Å². The number of nitrogens with one attached hydrogen (secondary N) is 1. The van der Waals surface area contributed by atoms with Crippen LogP contribution in [0.15, 0.2) is 63.8 Å². The molecule has 0 saturated carbocycles. The van der Waals surface area contributed by atoms with Crippen molar-refractivity contribution in [2.24, 2.45) is 0 Å². The molecule has 0 fully saturated rings. The Morgan fingerprint density at radius 3 is 2.71 bits per heavy atom. The lowest BCUT2D eigenvalue weighted by Gasteiger charge is -2.02. The number of hydrogen-bond donors (Lipinski definition) is 1. The third kappa shape index (κ3) is 3.43. The van der Waals surface area contributed by atoms with Crippen molar-refractivity contribution in [1.82, 2.24) is 9.97 Å². The fourth-order valence-corrected chi connectivity index (χ4v) is 2.91. The highest BCUT2D eigenvalue weighted by molar-refractivity contribution is 6.31. The molecule has 2 aromatic carbocycles. The molecule has 28 heavy (non-hydrogen) atoms. The summed E-state index contributed by atoms with van der Waals surface area (Å²) in [5.41, 5.74) is 0.869. The summed E-state index contributed by atoms with van der Waals surface area (Å²) < 4.78 is 18.8. The van der Waals surface area contributed by atoms with Gasteiger partial charge in [0.1, 0.15) is 23.4 Å². The quantitative estimate of drug-likeness (QED) is 0.496. The average Bonchev–Trinajstić information content (AvgIpc) is 3.15. The Kier molecular flexibility index (Phi) is 4.52. The monoisotopic (exact) mass is 391 g/mol. The molecule has 2 heterocycles. The van der Waals surface area contributed by atoms with Crippen LogP contribution in [0.1, 0.15) is 11.6 Å². The molecule has 0 unspecified atom stereocenters. The lowest BCUT2D eigenvalue weighted by atomic mass is 10.2. The summed E-state index contributed by atoms with van der Waals surface area (Å²) in [5.74, 6) is 0.713. The van der Waals surface area contributed by atoms with Gasteiger partial charge in [-0.15, -0.1) is 0 Å². The minimum Gasteiger partial charge on any atom is -0.457 e. The number of halogens is 2. The third-order valence-corrected chi connectivity index (χ3v) is 4.32. The standard InChI is InChI=1S/C21H11ClFN3O2/c22-14-3-7-18-17(10-14)21(27)26-20(25-18)13(11-24)9-16-6-8-19(28-16)12-1-4-15(23)5-2-12/h1-10H,(H,25,26,27)/b13-9+. The van der Waals surface area contributed by atoms with Crippen LogP contribution in [0, 0.1) is 17.1 Å². The van der Waals surface area contributed by atoms with Crippen molar-refractivity contribution in [2.45, 2.75) is 0 Å². The number of H-pyrrole nitrogens is 1. The van der Waals surface area contributed by atoms with Crippen molar-refractivity contribution < 1.29 is 8.81 Å². The Morgan fingerprint density at radius 2 is 1.96 bits per heavy atom. The van der Waals surface area contributed by atoms with Gasteiger partial charge in [-0.3, -0.25) is 4.79 Å². The van der Waals surface area contributed by atoms with Crippen LogP contribution in [-0.4, -0.2) is 9.97 Å². The second-order valence-corrected chi connectivity index (χ2v) is 6.39. The first-order valence-corrected chi connectivity index (χ1v) is 8.59. The van der Waals surface area contributed by atoms with Gasteiger partial charge in [0.05, 0.1) is 16.5 Å². The minimum absolute atomic E-state index is 0.127. The summed E-state index contributed by atoms with van der Waals surface area (Å²) in [6.07, 6.45) is 1.48. The number of aromatic amines is 1. The maximum absolute atomic E-state index is 13.1. The van der Waals surface area contributed by atoms with Crippen molar-refractivity contribution >= 4 is 34.2 Å². The normalized spacial score (nSPS) is 11.5. The first kappa shape index (κ1) is 17.7. The van der Waals surface area contributed by atoms with E-state index < -0.39 is 5.56 Å². The summed E-state index contributed by atoms with van der Waals surface area (Å²) in [5, 5.41) is 10.3. The first-order chi connectivity index (χ1) is 13.5. The highest BCUT2D eigenvalue weighted by Gasteiger charge is 2.11. The molecule has 4 rings (SSSR count). The summed E-state index contributed by atoms with van der Waals surface area (Å²) in [4.78, 5) is 19.2. The second kappa shape index (κ2) is 7.14. The van der Waals surface area contributed by atoms with Crippen LogP contribution in [0.25, 0.3) is 33.9 Å². The number of aromatic nitrogens is 2. The van der Waals surface area contributed by atoms with Crippen molar-refractivity contribution in [2.75, 3.05) is 0 Å². The molecule has 0 aliphatic heterocycles. The molecular formula is C21H11ClFN3O2. The van der Waals surface area contributed by atoms with Gasteiger partial charge in [-0.25, -0.2) is 9.37 Å². The van der Waals surface area contributed by atoms with Crippen LogP contribution < -0.4 is 5.56 Å². The van der Waals surface area contributed by atoms with E-state index in [1.54, 1.807) is 36.4 Å². The van der Waals surface area contributed by atoms with Gasteiger partial charge in [0.2, 0.25) is 0 Å². The van der Waals surface area contributed by atoms with Crippen molar-refractivity contribution in [3.05, 3.63) is 87.4 Å². The largest absolute Gasteiger partial charge is 0.457 e. The van der Waals surface area contributed by atoms with Gasteiger partial charge in [-0.2, -0.15) is 5.26 Å². The van der Waals surface area contributed by atoms with Gasteiger partial charge in [0, 0.05) is 16.7 Å². The SMILES string of the molecule is N#C/C(=C\c1ccc(-c2ccc(F)cc2)o1)c1nc2ccc(Cl)cc2c(=O)[nH]1. The van der Waals surface area contributed by atoms with Gasteiger partial charge in [-0.05, 0) is 54.6 Å². The molecule has 0 radical (unpaired) electrons. The van der Waals surface area contributed by atoms with E-state index in [0.29, 0.717) is 33.0 Å². The smallest absolute Gasteiger partial charge is 0.259 e. The molecule has 0 aliphatic carbocycles. The molecule has 2 aromatic heterocycles. The van der Waals surface area contributed by atoms with E-state index in [0.717, 1.165) is 0 Å². The lowest BCUT2D eigenvalue weighted by Crippen LogP contribution is -2.11. The first-order valence-electron chi connectivity index (χ1n) is 8.21. The van der Waals surface area contributed by atoms with Gasteiger partial charge in [-0.1, -0.05) is 11.6 Å². The highest BCUT2D eigenvalue weighted by Crippen LogP contribution is 2.25. The fourth-order valence-electron chi connectivity index (χ4n) is 2.73. The van der Waals surface area contributed by atoms with Crippen LogP contribution in [0.4, 0.5) is 4.39 Å². The topological polar surface area (TPSA) is 82.7 Å². The minimum atomic E-state index is -0.393. The maximum Gasteiger partial charge on any atom is 0.259 e. The van der Waals surface area contributed by atoms with Crippen molar-refractivity contribution in [1.29, 1.82) is 5.26 Å². The molecule has 1 N–H and O–H groups in total. The van der Waals surface area contributed by atoms with Crippen LogP contribution in [0.2, 0.25) is 5.02 Å². The van der Waals surface area contributed by atoms with E-state index in [2.05, 4.69) is 9.97 Å². The Morgan fingerprint density at radius 1 is 1.18 bits per heavy atom. The summed E-state index contributed by atoms with van der Waals surface area (Å²) in [7, 11) is 0. The number of nitriles is 1. The van der Waals surface area contributed by atoms with Crippen LogP contribution in [0.5, 0.6) is 0 Å². The predicted molar refractivity (Wildman–Crippen MR) is 105 cm³/mol. The molecule has 7 heteroatoms. The molecule has 4 aromatic rings. The molecule has 0 atom stereocenters. The zero-order valence-electron chi connectivity index (χ0n) is 14.2. The molecule has 5 nitrogen and oxygen atoms in total. The fraction of sp³-hybridized carbons (Fsp3) is 0. The Labute approximate surface area is 163 Å². The molecule has 0 spiro atoms. The summed E-state index contributed by atoms with van der Waals surface area (Å²) >= 11 is 5.91. The zero-order valence-corrected chi connectivity index (χ0v) is 15.0. The molecule has 0 aliphatic rings. The molecule has 0 amide bonds. The van der Waals surface area contributed by atoms with Gasteiger partial charge >= 0.3 is 0 Å². The number of fused-ring (bicyclic) bond motifs is 1. The average molecular weight is 392 g/mol. The van der Waals surface area contributed by atoms with Crippen molar-refractivity contribution in [3.8, 4) is 17.4 Å². The van der Waals surface area contributed by atoms with E-state index in [4.69, 9.17) is 16.0 Å². The van der Waals surface area contributed by atoms with Crippen molar-refractivity contribution in [3.63, 3.8) is 0 Å². The number of benzene rings is 2. The lowest BCUT2D eigenvalue weighted by molar-refractivity contribution is 0.571. The van der Waals surface area contributed by atoms with Gasteiger partial charge in [0.15, 0.2) is 5.82 Å². The van der Waals surface area contributed by atoms with Gasteiger partial charge < -0.3 is 9.40 Å². The zero-order chi connectivity index (χ0) is 19.7. The third-order valence-electron chi connectivity index (χ3n) is 4.09. The van der Waals surface area contributed by atoms with E-state index in [9.17, 15) is 14.4 Å². The molecule has 0 bridgehead atoms. The molecule has 0 saturated heterocycles. The molecular weight excluding hydrogens is 381 g/mol. The Hall–Kier alpha value is -3.69. The van der Waals surface area contributed by atoms with Crippen LogP contribution >= 0.6 is 11.6 Å². The second-order valence-electron chi connectivity index (χ2n) is 5.95. The van der Waals surface area contributed by atoms with E-state index in [1.165, 1.54) is 24.3 Å². The Balaban J connectivity index is 1.73. The number of rotatable bonds is 3. The van der Waals surface area contributed by atoms with E-state index in [-0.39, 0.29) is 17.2 Å². The number of nitrogens with zero attached hydrogens (tertiary/aromatic N) is 2.